The van der Waals surface area contributed by atoms with E-state index in [1.54, 1.807) is 0 Å². The van der Waals surface area contributed by atoms with E-state index < -0.39 is 0 Å². The van der Waals surface area contributed by atoms with Crippen molar-refractivity contribution in [2.45, 2.75) is 58.9 Å². The summed E-state index contributed by atoms with van der Waals surface area (Å²) in [4.78, 5) is 7.26. The van der Waals surface area contributed by atoms with Gasteiger partial charge in [-0.15, -0.1) is 0 Å². The summed E-state index contributed by atoms with van der Waals surface area (Å²) in [6.45, 7) is 9.43. The number of unbranched alkanes of at least 4 members (excludes halogenated alkanes) is 5. The molecule has 48 heavy (non-hydrogen) atoms. The van der Waals surface area contributed by atoms with Crippen molar-refractivity contribution >= 4 is 66.7 Å². The second-order valence-electron chi connectivity index (χ2n) is 13.2. The van der Waals surface area contributed by atoms with Crippen LogP contribution in [0.3, 0.4) is 0 Å². The Morgan fingerprint density at radius 2 is 1.15 bits per heavy atom. The van der Waals surface area contributed by atoms with E-state index >= 15 is 0 Å². The van der Waals surface area contributed by atoms with E-state index in [0.717, 1.165) is 23.3 Å². The van der Waals surface area contributed by atoms with Gasteiger partial charge in [0.05, 0.1) is 0 Å². The summed E-state index contributed by atoms with van der Waals surface area (Å²) in [5.74, 6) is 0. The molecule has 8 rings (SSSR count). The number of hydrogen-bond donors (Lipinski definition) is 2. The number of aromatic nitrogens is 3. The van der Waals surface area contributed by atoms with Crippen molar-refractivity contribution < 1.29 is 0 Å². The largest absolute Gasteiger partial charge is 0.355 e. The van der Waals surface area contributed by atoms with Crippen LogP contribution < -0.4 is 0 Å². The number of nitrogens with zero attached hydrogens (tertiary/aromatic N) is 1. The van der Waals surface area contributed by atoms with Crippen LogP contribution in [-0.2, 0) is 6.54 Å². The SMILES string of the molecule is C=Cc1c(C=CC)[nH]c2cc(-c3ccc4c5ccc(-c6ccc7c(c6)[nH]c6ccccc67)cc5n(CCCCCCCC)c4c3)ccc12. The van der Waals surface area contributed by atoms with E-state index in [0.29, 0.717) is 0 Å². The first-order valence-electron chi connectivity index (χ1n) is 17.6. The third-order valence-corrected chi connectivity index (χ3v) is 10.2. The highest BCUT2D eigenvalue weighted by Gasteiger charge is 2.15. The third-order valence-electron chi connectivity index (χ3n) is 10.2. The van der Waals surface area contributed by atoms with Gasteiger partial charge in [0.25, 0.3) is 0 Å². The molecule has 0 bridgehead atoms. The minimum Gasteiger partial charge on any atom is -0.355 e. The van der Waals surface area contributed by atoms with Crippen LogP contribution in [0.5, 0.6) is 0 Å². The molecule has 3 heterocycles. The molecule has 3 heteroatoms. The number of nitrogens with one attached hydrogen (secondary N) is 2. The maximum atomic E-state index is 4.08. The van der Waals surface area contributed by atoms with Crippen molar-refractivity contribution in [2.24, 2.45) is 0 Å². The summed E-state index contributed by atoms with van der Waals surface area (Å²) in [6, 6.07) is 36.3. The molecule has 3 nitrogen and oxygen atoms in total. The van der Waals surface area contributed by atoms with Crippen molar-refractivity contribution in [3.8, 4) is 22.3 Å². The zero-order valence-corrected chi connectivity index (χ0v) is 28.1. The van der Waals surface area contributed by atoms with Crippen molar-refractivity contribution in [3.63, 3.8) is 0 Å². The molecule has 0 saturated carbocycles. The zero-order valence-electron chi connectivity index (χ0n) is 28.1. The van der Waals surface area contributed by atoms with Gasteiger partial charge in [0.1, 0.15) is 0 Å². The highest BCUT2D eigenvalue weighted by molar-refractivity contribution is 6.11. The molecular formula is C45H43N3. The first-order chi connectivity index (χ1) is 23.7. The van der Waals surface area contributed by atoms with E-state index in [2.05, 4.69) is 137 Å². The molecule has 0 unspecified atom stereocenters. The molecule has 0 aliphatic carbocycles. The molecule has 238 valence electrons. The first-order valence-corrected chi connectivity index (χ1v) is 17.6. The smallest absolute Gasteiger partial charge is 0.0497 e. The number of aromatic amines is 2. The van der Waals surface area contributed by atoms with Gasteiger partial charge < -0.3 is 14.5 Å². The van der Waals surface area contributed by atoms with E-state index in [4.69, 9.17) is 0 Å². The van der Waals surface area contributed by atoms with Crippen molar-refractivity contribution in [3.05, 3.63) is 121 Å². The summed E-state index contributed by atoms with van der Waals surface area (Å²) in [7, 11) is 0. The topological polar surface area (TPSA) is 36.5 Å². The minimum absolute atomic E-state index is 1.02. The van der Waals surface area contributed by atoms with Gasteiger partial charge in [-0.2, -0.15) is 0 Å². The lowest BCUT2D eigenvalue weighted by atomic mass is 10.00. The molecule has 8 aromatic rings. The Bertz CT molecular complexity index is 2480. The predicted molar refractivity (Wildman–Crippen MR) is 210 cm³/mol. The number of hydrogen-bond acceptors (Lipinski definition) is 0. The molecule has 0 atom stereocenters. The van der Waals surface area contributed by atoms with Crippen LogP contribution in [0, 0.1) is 0 Å². The highest BCUT2D eigenvalue weighted by Crippen LogP contribution is 2.37. The lowest BCUT2D eigenvalue weighted by Crippen LogP contribution is -1.98. The van der Waals surface area contributed by atoms with Gasteiger partial charge >= 0.3 is 0 Å². The van der Waals surface area contributed by atoms with Gasteiger partial charge in [-0.1, -0.05) is 124 Å². The minimum atomic E-state index is 1.02. The van der Waals surface area contributed by atoms with Gasteiger partial charge in [0, 0.05) is 72.3 Å². The predicted octanol–water partition coefficient (Wildman–Crippen LogP) is 13.3. The van der Waals surface area contributed by atoms with Gasteiger partial charge in [-0.3, -0.25) is 0 Å². The molecule has 0 aliphatic rings. The first kappa shape index (κ1) is 30.1. The van der Waals surface area contributed by atoms with Crippen LogP contribution in [0.4, 0.5) is 0 Å². The van der Waals surface area contributed by atoms with E-state index in [1.165, 1.54) is 110 Å². The summed E-state index contributed by atoms with van der Waals surface area (Å²) >= 11 is 0. The van der Waals surface area contributed by atoms with Gasteiger partial charge in [-0.05, 0) is 72.0 Å². The average molecular weight is 626 g/mol. The van der Waals surface area contributed by atoms with Crippen molar-refractivity contribution in [1.29, 1.82) is 0 Å². The molecule has 0 fully saturated rings. The Labute approximate surface area is 282 Å². The number of H-pyrrole nitrogens is 2. The Morgan fingerprint density at radius 1 is 0.583 bits per heavy atom. The number of para-hydroxylation sites is 1. The quantitative estimate of drug-likeness (QED) is 0.134. The Balaban J connectivity index is 1.22. The molecule has 0 amide bonds. The zero-order chi connectivity index (χ0) is 32.6. The summed E-state index contributed by atoms with van der Waals surface area (Å²) in [6.07, 6.45) is 13.8. The molecule has 0 spiro atoms. The Kier molecular flexibility index (Phi) is 7.98. The number of fused-ring (bicyclic) bond motifs is 7. The lowest BCUT2D eigenvalue weighted by molar-refractivity contribution is 0.571. The van der Waals surface area contributed by atoms with Crippen LogP contribution in [0.1, 0.15) is 63.6 Å². The Hall–Kier alpha value is -5.28. The summed E-state index contributed by atoms with van der Waals surface area (Å²) in [5.41, 5.74) is 13.3. The second kappa shape index (κ2) is 12.7. The number of benzene rings is 5. The van der Waals surface area contributed by atoms with E-state index in [1.807, 2.05) is 13.0 Å². The normalized spacial score (nSPS) is 12.1. The molecular weight excluding hydrogens is 583 g/mol. The van der Waals surface area contributed by atoms with E-state index in [-0.39, 0.29) is 0 Å². The fraction of sp³-hybridized carbons (Fsp3) is 0.200. The maximum Gasteiger partial charge on any atom is 0.0497 e. The summed E-state index contributed by atoms with van der Waals surface area (Å²) < 4.78 is 2.59. The Morgan fingerprint density at radius 3 is 1.81 bits per heavy atom. The van der Waals surface area contributed by atoms with Gasteiger partial charge in [0.15, 0.2) is 0 Å². The third kappa shape index (κ3) is 5.24. The highest BCUT2D eigenvalue weighted by atomic mass is 15.0. The molecule has 2 N–H and O–H groups in total. The molecule has 0 radical (unpaired) electrons. The second-order valence-corrected chi connectivity index (χ2v) is 13.2. The monoisotopic (exact) mass is 625 g/mol. The van der Waals surface area contributed by atoms with E-state index in [9.17, 15) is 0 Å². The number of rotatable bonds is 11. The van der Waals surface area contributed by atoms with Crippen LogP contribution in [0.25, 0.3) is 88.9 Å². The molecule has 0 aliphatic heterocycles. The van der Waals surface area contributed by atoms with Crippen LogP contribution in [0.2, 0.25) is 0 Å². The summed E-state index contributed by atoms with van der Waals surface area (Å²) in [5, 5.41) is 6.40. The fourth-order valence-corrected chi connectivity index (χ4v) is 7.72. The average Bonchev–Trinajstić information content (AvgIpc) is 3.77. The van der Waals surface area contributed by atoms with Crippen molar-refractivity contribution in [1.82, 2.24) is 14.5 Å². The maximum absolute atomic E-state index is 4.08. The lowest BCUT2D eigenvalue weighted by Gasteiger charge is -2.10. The standard InChI is InChI=1S/C45H43N3/c1-4-7-8-9-10-13-25-48-44-28-32(30-17-21-36-34(6-3)40(14-5-2)46-42(36)26-30)19-23-38(44)39-24-20-33(29-45(39)48)31-18-22-37-35-15-11-12-16-41(35)47-43(37)27-31/h5-6,11-12,14-24,26-29,46-47H,3-4,7-10,13,25H2,1-2H3. The molecule has 3 aromatic heterocycles. The molecule has 0 saturated heterocycles. The number of aryl methyl sites for hydroxylation is 1. The van der Waals surface area contributed by atoms with Crippen LogP contribution in [-0.4, -0.2) is 14.5 Å². The van der Waals surface area contributed by atoms with Gasteiger partial charge in [-0.25, -0.2) is 0 Å². The van der Waals surface area contributed by atoms with Crippen LogP contribution in [0.15, 0.2) is 110 Å². The fourth-order valence-electron chi connectivity index (χ4n) is 7.72. The number of allylic oxidation sites excluding steroid dienone is 1. The van der Waals surface area contributed by atoms with Gasteiger partial charge in [0.2, 0.25) is 0 Å². The van der Waals surface area contributed by atoms with Crippen LogP contribution >= 0.6 is 0 Å². The van der Waals surface area contributed by atoms with Crippen molar-refractivity contribution in [2.75, 3.05) is 0 Å². The molecule has 5 aromatic carbocycles.